The maximum Gasteiger partial charge on any atom is 0.202 e. The number of anilines is 1. The first kappa shape index (κ1) is 20.9. The Hall–Kier alpha value is -3.93. The molecule has 0 aliphatic heterocycles. The van der Waals surface area contributed by atoms with Crippen LogP contribution in [0, 0.1) is 6.57 Å². The van der Waals surface area contributed by atoms with E-state index in [0.717, 1.165) is 60.2 Å². The van der Waals surface area contributed by atoms with Crippen molar-refractivity contribution in [3.05, 3.63) is 54.4 Å². The van der Waals surface area contributed by atoms with Gasteiger partial charge < -0.3 is 10.1 Å². The number of nitrogens with one attached hydrogen (secondary N) is 1. The third kappa shape index (κ3) is 4.24. The Labute approximate surface area is 192 Å². The van der Waals surface area contributed by atoms with Crippen LogP contribution in [0.4, 0.5) is 11.5 Å². The van der Waals surface area contributed by atoms with Gasteiger partial charge in [-0.05, 0) is 38.7 Å². The summed E-state index contributed by atoms with van der Waals surface area (Å²) in [5.74, 6) is 1.38. The number of aryl methyl sites for hydroxylation is 1. The summed E-state index contributed by atoms with van der Waals surface area (Å²) in [6.45, 7) is 10.0. The average Bonchev–Trinajstić information content (AvgIpc) is 3.43. The molecule has 168 valence electrons. The molecule has 0 amide bonds. The molecule has 0 unspecified atom stereocenters. The van der Waals surface area contributed by atoms with E-state index in [0.29, 0.717) is 11.6 Å². The van der Waals surface area contributed by atoms with Crippen molar-refractivity contribution < 1.29 is 4.74 Å². The molecule has 0 spiro atoms. The highest BCUT2D eigenvalue weighted by molar-refractivity contribution is 5.93. The molecule has 0 atom stereocenters. The predicted molar refractivity (Wildman–Crippen MR) is 126 cm³/mol. The zero-order valence-corrected chi connectivity index (χ0v) is 18.8. The molecule has 4 heterocycles. The van der Waals surface area contributed by atoms with Crippen molar-refractivity contribution in [2.24, 2.45) is 7.05 Å². The molecular formula is C24H26N8O. The van der Waals surface area contributed by atoms with Crippen molar-refractivity contribution in [2.45, 2.75) is 44.8 Å². The first-order valence-electron chi connectivity index (χ1n) is 11.3. The molecule has 1 saturated carbocycles. The van der Waals surface area contributed by atoms with Crippen LogP contribution in [-0.2, 0) is 7.05 Å². The molecule has 0 bridgehead atoms. The summed E-state index contributed by atoms with van der Waals surface area (Å²) in [4.78, 5) is 12.3. The van der Waals surface area contributed by atoms with Gasteiger partial charge in [-0.25, -0.2) is 14.8 Å². The fourth-order valence-corrected chi connectivity index (χ4v) is 4.46. The first-order valence-corrected chi connectivity index (χ1v) is 11.3. The van der Waals surface area contributed by atoms with Crippen LogP contribution < -0.4 is 10.1 Å². The number of pyridine rings is 2. The Kier molecular flexibility index (Phi) is 5.65. The van der Waals surface area contributed by atoms with Gasteiger partial charge >= 0.3 is 0 Å². The number of rotatable bonds is 6. The first-order chi connectivity index (χ1) is 16.1. The van der Waals surface area contributed by atoms with E-state index in [1.54, 1.807) is 23.0 Å². The average molecular weight is 443 g/mol. The van der Waals surface area contributed by atoms with E-state index in [-0.39, 0.29) is 12.1 Å². The van der Waals surface area contributed by atoms with Gasteiger partial charge in [-0.1, -0.05) is 0 Å². The summed E-state index contributed by atoms with van der Waals surface area (Å²) in [6, 6.07) is 5.76. The molecule has 5 rings (SSSR count). The Balaban J connectivity index is 1.40. The van der Waals surface area contributed by atoms with Crippen LogP contribution >= 0.6 is 0 Å². The molecular weight excluding hydrogens is 416 g/mol. The van der Waals surface area contributed by atoms with E-state index in [4.69, 9.17) is 16.4 Å². The zero-order chi connectivity index (χ0) is 22.8. The maximum absolute atomic E-state index is 7.17. The van der Waals surface area contributed by atoms with Crippen molar-refractivity contribution in [1.82, 2.24) is 29.5 Å². The second-order valence-electron chi connectivity index (χ2n) is 8.33. The van der Waals surface area contributed by atoms with Gasteiger partial charge in [-0.2, -0.15) is 10.2 Å². The summed E-state index contributed by atoms with van der Waals surface area (Å²) in [5, 5.41) is 13.7. The highest BCUT2D eigenvalue weighted by Crippen LogP contribution is 2.36. The Morgan fingerprint density at radius 3 is 2.76 bits per heavy atom. The molecule has 1 fully saturated rings. The molecule has 9 heteroatoms. The lowest BCUT2D eigenvalue weighted by Gasteiger charge is -2.29. The van der Waals surface area contributed by atoms with Gasteiger partial charge in [-0.3, -0.25) is 9.36 Å². The Bertz CT molecular complexity index is 1310. The number of fused-ring (bicyclic) bond motifs is 1. The SMILES string of the molecule is [C-]#[N+]c1ccnc(OC2CCC(n3nc(-c4cnn(C)c4)c4cnc(NCC)cc43)CC2)c1. The number of nitrogens with zero attached hydrogens (tertiary/aromatic N) is 7. The van der Waals surface area contributed by atoms with Gasteiger partial charge in [0.05, 0.1) is 24.3 Å². The van der Waals surface area contributed by atoms with Gasteiger partial charge in [0.1, 0.15) is 17.6 Å². The highest BCUT2D eigenvalue weighted by atomic mass is 16.5. The largest absolute Gasteiger partial charge is 0.475 e. The molecule has 1 aliphatic carbocycles. The molecule has 0 aromatic carbocycles. The van der Waals surface area contributed by atoms with Crippen molar-refractivity contribution in [2.75, 3.05) is 11.9 Å². The van der Waals surface area contributed by atoms with E-state index < -0.39 is 0 Å². The normalized spacial score (nSPS) is 18.2. The van der Waals surface area contributed by atoms with E-state index in [1.807, 2.05) is 25.6 Å². The standard InChI is InChI=1S/C24H26N8O/c1-4-26-22-12-21-20(14-28-22)24(16-13-29-31(3)15-16)30-32(21)18-5-7-19(8-6-18)33-23-11-17(25-2)9-10-27-23/h9-15,18-19H,4-8H2,1,3H3,(H,26,28). The van der Waals surface area contributed by atoms with Crippen LogP contribution in [0.15, 0.2) is 43.0 Å². The zero-order valence-electron chi connectivity index (χ0n) is 18.8. The second-order valence-corrected chi connectivity index (χ2v) is 8.33. The van der Waals surface area contributed by atoms with Gasteiger partial charge in [0.15, 0.2) is 5.69 Å². The van der Waals surface area contributed by atoms with Gasteiger partial charge in [0, 0.05) is 55.3 Å². The van der Waals surface area contributed by atoms with E-state index >= 15 is 0 Å². The minimum Gasteiger partial charge on any atom is -0.475 e. The quantitative estimate of drug-likeness (QED) is 0.433. The molecule has 4 aromatic heterocycles. The van der Waals surface area contributed by atoms with Crippen LogP contribution in [0.3, 0.4) is 0 Å². The summed E-state index contributed by atoms with van der Waals surface area (Å²) in [5.41, 5.74) is 3.52. The maximum atomic E-state index is 7.17. The van der Waals surface area contributed by atoms with Crippen molar-refractivity contribution in [3.63, 3.8) is 0 Å². The molecule has 1 N–H and O–H groups in total. The summed E-state index contributed by atoms with van der Waals surface area (Å²) < 4.78 is 10.0. The molecule has 1 aliphatic rings. The lowest BCUT2D eigenvalue weighted by atomic mass is 9.93. The predicted octanol–water partition coefficient (Wildman–Crippen LogP) is 4.77. The van der Waals surface area contributed by atoms with Crippen LogP contribution in [0.1, 0.15) is 38.6 Å². The third-order valence-electron chi connectivity index (χ3n) is 6.05. The van der Waals surface area contributed by atoms with Crippen LogP contribution in [0.25, 0.3) is 27.0 Å². The molecule has 9 nitrogen and oxygen atoms in total. The summed E-state index contributed by atoms with van der Waals surface area (Å²) in [7, 11) is 1.91. The minimum atomic E-state index is 0.0911. The number of ether oxygens (including phenoxy) is 1. The van der Waals surface area contributed by atoms with E-state index in [1.165, 1.54) is 0 Å². The number of aromatic nitrogens is 6. The van der Waals surface area contributed by atoms with E-state index in [2.05, 4.69) is 42.9 Å². The summed E-state index contributed by atoms with van der Waals surface area (Å²) in [6.07, 6.45) is 11.2. The van der Waals surface area contributed by atoms with Gasteiger partial charge in [-0.15, -0.1) is 0 Å². The molecule has 0 saturated heterocycles. The number of hydrogen-bond acceptors (Lipinski definition) is 6. The molecule has 33 heavy (non-hydrogen) atoms. The monoisotopic (exact) mass is 442 g/mol. The molecule has 0 radical (unpaired) electrons. The van der Waals surface area contributed by atoms with Crippen LogP contribution in [0.5, 0.6) is 5.88 Å². The Morgan fingerprint density at radius 1 is 1.18 bits per heavy atom. The van der Waals surface area contributed by atoms with Crippen molar-refractivity contribution >= 4 is 22.4 Å². The Morgan fingerprint density at radius 2 is 2.03 bits per heavy atom. The topological polar surface area (TPSA) is 87.0 Å². The highest BCUT2D eigenvalue weighted by Gasteiger charge is 2.27. The van der Waals surface area contributed by atoms with E-state index in [9.17, 15) is 0 Å². The fourth-order valence-electron chi connectivity index (χ4n) is 4.46. The fraction of sp³-hybridized carbons (Fsp3) is 0.375. The third-order valence-corrected chi connectivity index (χ3v) is 6.05. The summed E-state index contributed by atoms with van der Waals surface area (Å²) >= 11 is 0. The minimum absolute atomic E-state index is 0.0911. The van der Waals surface area contributed by atoms with Crippen LogP contribution in [-0.4, -0.2) is 42.2 Å². The van der Waals surface area contributed by atoms with Gasteiger partial charge in [0.25, 0.3) is 0 Å². The van der Waals surface area contributed by atoms with Crippen molar-refractivity contribution in [1.29, 1.82) is 0 Å². The molecule has 4 aromatic rings. The lowest BCUT2D eigenvalue weighted by molar-refractivity contribution is 0.126. The van der Waals surface area contributed by atoms with Crippen molar-refractivity contribution in [3.8, 4) is 17.1 Å². The lowest BCUT2D eigenvalue weighted by Crippen LogP contribution is -2.26. The van der Waals surface area contributed by atoms with Crippen LogP contribution in [0.2, 0.25) is 0 Å². The second kappa shape index (κ2) is 8.90. The smallest absolute Gasteiger partial charge is 0.202 e. The number of hydrogen-bond donors (Lipinski definition) is 1. The van der Waals surface area contributed by atoms with Gasteiger partial charge in [0.2, 0.25) is 5.88 Å².